The van der Waals surface area contributed by atoms with Crippen LogP contribution in [0, 0.1) is 0 Å². The average molecular weight is 376 g/mol. The zero-order valence-electron chi connectivity index (χ0n) is 15.2. The third kappa shape index (κ3) is 5.23. The molecule has 1 amide bonds. The molecule has 0 radical (unpaired) electrons. The lowest BCUT2D eigenvalue weighted by Crippen LogP contribution is -2.31. The highest BCUT2D eigenvalue weighted by Crippen LogP contribution is 2.20. The molecule has 140 valence electrons. The Bertz CT molecular complexity index is 831. The number of hydrogen-bond donors (Lipinski definition) is 2. The van der Waals surface area contributed by atoms with Gasteiger partial charge >= 0.3 is 0 Å². The van der Waals surface area contributed by atoms with E-state index >= 15 is 0 Å². The standard InChI is InChI=1S/C19H24N2O4S/c1-4-14(3)20-19(22)15-6-12-18(13-7-15)26(23,24)21-16-8-10-17(11-9-16)25-5-2/h6-14,21H,4-5H2,1-3H3,(H,20,22). The predicted molar refractivity (Wildman–Crippen MR) is 102 cm³/mol. The number of hydrogen-bond acceptors (Lipinski definition) is 4. The average Bonchev–Trinajstić information content (AvgIpc) is 2.63. The minimum atomic E-state index is -3.73. The van der Waals surface area contributed by atoms with Gasteiger partial charge in [-0.3, -0.25) is 9.52 Å². The van der Waals surface area contributed by atoms with E-state index in [1.807, 2.05) is 20.8 Å². The van der Waals surface area contributed by atoms with Gasteiger partial charge in [0.25, 0.3) is 15.9 Å². The van der Waals surface area contributed by atoms with Gasteiger partial charge < -0.3 is 10.1 Å². The number of benzene rings is 2. The highest BCUT2D eigenvalue weighted by Gasteiger charge is 2.16. The molecular formula is C19H24N2O4S. The van der Waals surface area contributed by atoms with Crippen molar-refractivity contribution < 1.29 is 17.9 Å². The van der Waals surface area contributed by atoms with Crippen molar-refractivity contribution in [1.29, 1.82) is 0 Å². The van der Waals surface area contributed by atoms with Crippen molar-refractivity contribution in [3.05, 3.63) is 54.1 Å². The molecule has 0 spiro atoms. The lowest BCUT2D eigenvalue weighted by Gasteiger charge is -2.12. The summed E-state index contributed by atoms with van der Waals surface area (Å²) in [6.45, 7) is 6.32. The van der Waals surface area contributed by atoms with Gasteiger partial charge in [-0.2, -0.15) is 0 Å². The van der Waals surface area contributed by atoms with Crippen LogP contribution in [0.1, 0.15) is 37.6 Å². The molecule has 1 atom stereocenters. The highest BCUT2D eigenvalue weighted by molar-refractivity contribution is 7.92. The lowest BCUT2D eigenvalue weighted by atomic mass is 10.2. The second-order valence-electron chi connectivity index (χ2n) is 5.87. The number of carbonyl (C=O) groups excluding carboxylic acids is 1. The summed E-state index contributed by atoms with van der Waals surface area (Å²) < 4.78 is 32.8. The molecule has 6 nitrogen and oxygen atoms in total. The first-order chi connectivity index (χ1) is 12.4. The van der Waals surface area contributed by atoms with Crippen LogP contribution in [0.25, 0.3) is 0 Å². The maximum absolute atomic E-state index is 12.5. The molecule has 0 aromatic heterocycles. The Kier molecular flexibility index (Phi) is 6.63. The molecule has 0 bridgehead atoms. The Morgan fingerprint density at radius 3 is 2.19 bits per heavy atom. The number of rotatable bonds is 8. The number of ether oxygens (including phenoxy) is 1. The van der Waals surface area contributed by atoms with Crippen molar-refractivity contribution in [3.8, 4) is 5.75 Å². The molecule has 1 unspecified atom stereocenters. The van der Waals surface area contributed by atoms with Gasteiger partial charge in [0.1, 0.15) is 5.75 Å². The Morgan fingerprint density at radius 1 is 1.04 bits per heavy atom. The summed E-state index contributed by atoms with van der Waals surface area (Å²) >= 11 is 0. The maximum atomic E-state index is 12.5. The van der Waals surface area contributed by atoms with Crippen molar-refractivity contribution >= 4 is 21.6 Å². The molecule has 2 aromatic rings. The normalized spacial score (nSPS) is 12.3. The molecule has 0 fully saturated rings. The van der Waals surface area contributed by atoms with E-state index in [9.17, 15) is 13.2 Å². The van der Waals surface area contributed by atoms with Gasteiger partial charge in [0.2, 0.25) is 0 Å². The smallest absolute Gasteiger partial charge is 0.261 e. The summed E-state index contributed by atoms with van der Waals surface area (Å²) in [5, 5.41) is 2.84. The second-order valence-corrected chi connectivity index (χ2v) is 7.55. The minimum absolute atomic E-state index is 0.0623. The van der Waals surface area contributed by atoms with Gasteiger partial charge in [-0.25, -0.2) is 8.42 Å². The quantitative estimate of drug-likeness (QED) is 0.739. The summed E-state index contributed by atoms with van der Waals surface area (Å²) in [5.41, 5.74) is 0.859. The van der Waals surface area contributed by atoms with Crippen LogP contribution in [-0.2, 0) is 10.0 Å². The number of anilines is 1. The molecule has 0 aliphatic rings. The van der Waals surface area contributed by atoms with Crippen molar-refractivity contribution in [2.24, 2.45) is 0 Å². The van der Waals surface area contributed by atoms with Gasteiger partial charge in [-0.05, 0) is 68.8 Å². The first-order valence-corrected chi connectivity index (χ1v) is 10.0. The molecule has 0 aliphatic carbocycles. The summed E-state index contributed by atoms with van der Waals surface area (Å²) in [7, 11) is -3.73. The zero-order valence-corrected chi connectivity index (χ0v) is 16.0. The fourth-order valence-electron chi connectivity index (χ4n) is 2.19. The van der Waals surface area contributed by atoms with E-state index in [4.69, 9.17) is 4.74 Å². The molecule has 0 aliphatic heterocycles. The number of amides is 1. The van der Waals surface area contributed by atoms with Crippen LogP contribution in [0.5, 0.6) is 5.75 Å². The third-order valence-corrected chi connectivity index (χ3v) is 5.23. The van der Waals surface area contributed by atoms with E-state index in [-0.39, 0.29) is 16.8 Å². The van der Waals surface area contributed by atoms with Gasteiger partial charge in [0, 0.05) is 17.3 Å². The molecule has 7 heteroatoms. The van der Waals surface area contributed by atoms with Crippen molar-refractivity contribution in [2.75, 3.05) is 11.3 Å². The van der Waals surface area contributed by atoms with E-state index in [1.165, 1.54) is 24.3 Å². The van der Waals surface area contributed by atoms with Crippen LogP contribution in [0.3, 0.4) is 0 Å². The molecule has 0 saturated heterocycles. The van der Waals surface area contributed by atoms with E-state index < -0.39 is 10.0 Å². The number of carbonyl (C=O) groups is 1. The van der Waals surface area contributed by atoms with E-state index in [0.29, 0.717) is 23.6 Å². The Balaban J connectivity index is 2.10. The van der Waals surface area contributed by atoms with E-state index in [1.54, 1.807) is 24.3 Å². The van der Waals surface area contributed by atoms with Gasteiger partial charge in [0.05, 0.1) is 11.5 Å². The van der Waals surface area contributed by atoms with Crippen molar-refractivity contribution in [3.63, 3.8) is 0 Å². The first-order valence-electron chi connectivity index (χ1n) is 8.52. The van der Waals surface area contributed by atoms with Crippen LogP contribution in [0.2, 0.25) is 0 Å². The summed E-state index contributed by atoms with van der Waals surface area (Å²) in [6.07, 6.45) is 0.824. The summed E-state index contributed by atoms with van der Waals surface area (Å²) in [4.78, 5) is 12.2. The number of sulfonamides is 1. The zero-order chi connectivity index (χ0) is 19.2. The SMILES string of the molecule is CCOc1ccc(NS(=O)(=O)c2ccc(C(=O)NC(C)CC)cc2)cc1. The van der Waals surface area contributed by atoms with Crippen LogP contribution >= 0.6 is 0 Å². The predicted octanol–water partition coefficient (Wildman–Crippen LogP) is 3.41. The van der Waals surface area contributed by atoms with Crippen LogP contribution < -0.4 is 14.8 Å². The second kappa shape index (κ2) is 8.71. The molecule has 26 heavy (non-hydrogen) atoms. The Hall–Kier alpha value is -2.54. The van der Waals surface area contributed by atoms with Crippen molar-refractivity contribution in [1.82, 2.24) is 5.32 Å². The van der Waals surface area contributed by atoms with Crippen molar-refractivity contribution in [2.45, 2.75) is 38.1 Å². The number of nitrogens with one attached hydrogen (secondary N) is 2. The van der Waals surface area contributed by atoms with Gasteiger partial charge in [0.15, 0.2) is 0 Å². The summed E-state index contributed by atoms with van der Waals surface area (Å²) in [5.74, 6) is 0.454. The minimum Gasteiger partial charge on any atom is -0.494 e. The fourth-order valence-corrected chi connectivity index (χ4v) is 3.25. The molecule has 2 aromatic carbocycles. The summed E-state index contributed by atoms with van der Waals surface area (Å²) in [6, 6.07) is 12.6. The lowest BCUT2D eigenvalue weighted by molar-refractivity contribution is 0.0939. The Labute approximate surface area is 154 Å². The first kappa shape index (κ1) is 19.8. The van der Waals surface area contributed by atoms with Crippen LogP contribution in [-0.4, -0.2) is 27.0 Å². The molecular weight excluding hydrogens is 352 g/mol. The molecule has 2 rings (SSSR count). The topological polar surface area (TPSA) is 84.5 Å². The van der Waals surface area contributed by atoms with E-state index in [0.717, 1.165) is 6.42 Å². The monoisotopic (exact) mass is 376 g/mol. The third-order valence-electron chi connectivity index (χ3n) is 3.83. The maximum Gasteiger partial charge on any atom is 0.261 e. The van der Waals surface area contributed by atoms with Crippen LogP contribution in [0.4, 0.5) is 5.69 Å². The fraction of sp³-hybridized carbons (Fsp3) is 0.316. The highest BCUT2D eigenvalue weighted by atomic mass is 32.2. The molecule has 0 saturated carbocycles. The molecule has 2 N–H and O–H groups in total. The van der Waals surface area contributed by atoms with Gasteiger partial charge in [-0.15, -0.1) is 0 Å². The Morgan fingerprint density at radius 2 is 1.65 bits per heavy atom. The largest absolute Gasteiger partial charge is 0.494 e. The molecule has 0 heterocycles. The van der Waals surface area contributed by atoms with Gasteiger partial charge in [-0.1, -0.05) is 6.92 Å². The van der Waals surface area contributed by atoms with E-state index in [2.05, 4.69) is 10.0 Å². The van der Waals surface area contributed by atoms with Crippen LogP contribution in [0.15, 0.2) is 53.4 Å².